The molecule has 0 spiro atoms. The predicted octanol–water partition coefficient (Wildman–Crippen LogP) is 2.19. The van der Waals surface area contributed by atoms with E-state index < -0.39 is 33.6 Å². The minimum atomic E-state index is -3.81. The number of imidazole rings is 1. The first-order valence-electron chi connectivity index (χ1n) is 9.15. The molecule has 0 saturated heterocycles. The van der Waals surface area contributed by atoms with Gasteiger partial charge in [0, 0.05) is 0 Å². The Hall–Kier alpha value is -1.79. The molecule has 1 atom stereocenters. The quantitative estimate of drug-likeness (QED) is 0.161. The smallest absolute Gasteiger partial charge is 0.360 e. The summed E-state index contributed by atoms with van der Waals surface area (Å²) >= 11 is 5.99. The van der Waals surface area contributed by atoms with Crippen LogP contribution in [-0.4, -0.2) is 70.3 Å². The van der Waals surface area contributed by atoms with E-state index in [0.717, 1.165) is 0 Å². The lowest BCUT2D eigenvalue weighted by Crippen LogP contribution is -2.19. The maximum absolute atomic E-state index is 12.9. The van der Waals surface area contributed by atoms with Crippen molar-refractivity contribution in [1.82, 2.24) is 19.5 Å². The SMILES string of the molecule is CC(=O)COCOP(=O)(CO[C@H](C)Cn1cnc2c(Cl)ncnc21)OCOCC(C)=O. The zero-order chi connectivity index (χ0) is 22.9. The van der Waals surface area contributed by atoms with Crippen molar-refractivity contribution in [2.45, 2.75) is 33.4 Å². The standard InChI is InChI=1S/C17H24ClN4O8P/c1-12(23)5-26-9-29-31(25,30-10-27-6-13(2)24)11-28-14(3)4-22-8-21-15-16(18)19-7-20-17(15)22/h7-8,14H,4-6,9-11H2,1-3H3/t14-/m1/s1. The summed E-state index contributed by atoms with van der Waals surface area (Å²) in [6.45, 7) is 3.48. The molecule has 0 aliphatic heterocycles. The number of carbonyl (C=O) groups excluding carboxylic acids is 2. The molecule has 2 rings (SSSR count). The highest BCUT2D eigenvalue weighted by Gasteiger charge is 2.27. The van der Waals surface area contributed by atoms with Crippen molar-refractivity contribution in [2.24, 2.45) is 0 Å². The van der Waals surface area contributed by atoms with Crippen LogP contribution in [0.2, 0.25) is 5.15 Å². The van der Waals surface area contributed by atoms with Crippen molar-refractivity contribution < 1.29 is 37.4 Å². The highest BCUT2D eigenvalue weighted by atomic mass is 35.5. The molecule has 0 aromatic carbocycles. The largest absolute Gasteiger partial charge is 0.364 e. The second-order valence-electron chi connectivity index (χ2n) is 6.55. The number of Topliss-reactive ketones (excluding diaryl/α,β-unsaturated/α-hetero) is 2. The zero-order valence-electron chi connectivity index (χ0n) is 17.4. The monoisotopic (exact) mass is 478 g/mol. The lowest BCUT2D eigenvalue weighted by atomic mass is 10.4. The van der Waals surface area contributed by atoms with E-state index in [1.54, 1.807) is 17.8 Å². The first-order chi connectivity index (χ1) is 14.7. The van der Waals surface area contributed by atoms with Gasteiger partial charge in [0.25, 0.3) is 0 Å². The normalized spacial score (nSPS) is 12.9. The molecule has 0 saturated carbocycles. The average molecular weight is 479 g/mol. The Morgan fingerprint density at radius 3 is 2.29 bits per heavy atom. The van der Waals surface area contributed by atoms with Crippen molar-refractivity contribution in [3.05, 3.63) is 17.8 Å². The van der Waals surface area contributed by atoms with Crippen molar-refractivity contribution in [1.29, 1.82) is 0 Å². The topological polar surface area (TPSA) is 141 Å². The van der Waals surface area contributed by atoms with Crippen LogP contribution in [0.4, 0.5) is 0 Å². The number of rotatable bonds is 15. The van der Waals surface area contributed by atoms with E-state index in [1.807, 2.05) is 0 Å². The number of hydrogen-bond acceptors (Lipinski definition) is 11. The fraction of sp³-hybridized carbons (Fsp3) is 0.588. The van der Waals surface area contributed by atoms with Gasteiger partial charge in [0.1, 0.15) is 31.4 Å². The summed E-state index contributed by atoms with van der Waals surface area (Å²) in [7, 11) is -3.81. The van der Waals surface area contributed by atoms with E-state index in [4.69, 9.17) is 34.9 Å². The number of fused-ring (bicyclic) bond motifs is 1. The summed E-state index contributed by atoms with van der Waals surface area (Å²) in [5.41, 5.74) is 0.986. The van der Waals surface area contributed by atoms with Gasteiger partial charge in [0.15, 0.2) is 36.0 Å². The van der Waals surface area contributed by atoms with Crippen LogP contribution in [0.3, 0.4) is 0 Å². The number of halogens is 1. The first kappa shape index (κ1) is 25.5. The Morgan fingerprint density at radius 1 is 1.10 bits per heavy atom. The summed E-state index contributed by atoms with van der Waals surface area (Å²) in [5, 5.41) is 0.236. The number of carbonyl (C=O) groups is 2. The maximum atomic E-state index is 12.9. The van der Waals surface area contributed by atoms with Gasteiger partial charge < -0.3 is 18.8 Å². The number of hydrogen-bond donors (Lipinski definition) is 0. The summed E-state index contributed by atoms with van der Waals surface area (Å²) in [6.07, 6.45) is 2.02. The molecular formula is C17H24ClN4O8P. The molecule has 14 heteroatoms. The molecule has 0 amide bonds. The van der Waals surface area contributed by atoms with Crippen LogP contribution in [0.25, 0.3) is 11.2 Å². The highest BCUT2D eigenvalue weighted by molar-refractivity contribution is 7.53. The van der Waals surface area contributed by atoms with Gasteiger partial charge in [-0.05, 0) is 20.8 Å². The summed E-state index contributed by atoms with van der Waals surface area (Å²) < 4.78 is 40.5. The Bertz CT molecular complexity index is 914. The van der Waals surface area contributed by atoms with Gasteiger partial charge >= 0.3 is 7.60 Å². The van der Waals surface area contributed by atoms with Crippen LogP contribution >= 0.6 is 19.2 Å². The van der Waals surface area contributed by atoms with E-state index >= 15 is 0 Å². The molecule has 0 aliphatic rings. The fourth-order valence-electron chi connectivity index (χ4n) is 2.25. The number of nitrogens with zero attached hydrogens (tertiary/aromatic N) is 4. The average Bonchev–Trinajstić information content (AvgIpc) is 3.11. The first-order valence-corrected chi connectivity index (χ1v) is 11.3. The van der Waals surface area contributed by atoms with Crippen LogP contribution in [0, 0.1) is 0 Å². The van der Waals surface area contributed by atoms with Crippen LogP contribution in [0.15, 0.2) is 12.7 Å². The Balaban J connectivity index is 1.92. The molecule has 31 heavy (non-hydrogen) atoms. The van der Waals surface area contributed by atoms with E-state index in [9.17, 15) is 14.2 Å². The maximum Gasteiger partial charge on any atom is 0.360 e. The lowest BCUT2D eigenvalue weighted by molar-refractivity contribution is -0.125. The van der Waals surface area contributed by atoms with Gasteiger partial charge in [-0.25, -0.2) is 15.0 Å². The van der Waals surface area contributed by atoms with Crippen LogP contribution in [0.1, 0.15) is 20.8 Å². The van der Waals surface area contributed by atoms with Crippen molar-refractivity contribution in [3.8, 4) is 0 Å². The molecule has 172 valence electrons. The molecule has 2 heterocycles. The molecule has 0 N–H and O–H groups in total. The molecule has 2 aromatic rings. The molecule has 0 radical (unpaired) electrons. The van der Waals surface area contributed by atoms with Gasteiger partial charge in [-0.1, -0.05) is 11.6 Å². The Kier molecular flexibility index (Phi) is 10.1. The Labute approximate surface area is 183 Å². The van der Waals surface area contributed by atoms with Gasteiger partial charge in [-0.15, -0.1) is 0 Å². The minimum absolute atomic E-state index is 0.198. The highest BCUT2D eigenvalue weighted by Crippen LogP contribution is 2.48. The summed E-state index contributed by atoms with van der Waals surface area (Å²) in [6, 6.07) is 0. The minimum Gasteiger partial charge on any atom is -0.364 e. The zero-order valence-corrected chi connectivity index (χ0v) is 19.0. The summed E-state index contributed by atoms with van der Waals surface area (Å²) in [4.78, 5) is 34.1. The van der Waals surface area contributed by atoms with Crippen molar-refractivity contribution >= 4 is 41.9 Å². The second-order valence-corrected chi connectivity index (χ2v) is 8.90. The van der Waals surface area contributed by atoms with Gasteiger partial charge in [-0.2, -0.15) is 0 Å². The van der Waals surface area contributed by atoms with E-state index in [0.29, 0.717) is 17.7 Å². The third-order valence-electron chi connectivity index (χ3n) is 3.60. The molecule has 12 nitrogen and oxygen atoms in total. The van der Waals surface area contributed by atoms with Crippen LogP contribution in [-0.2, 0) is 44.0 Å². The third-order valence-corrected chi connectivity index (χ3v) is 5.34. The van der Waals surface area contributed by atoms with Crippen LogP contribution in [0.5, 0.6) is 0 Å². The lowest BCUT2D eigenvalue weighted by Gasteiger charge is -2.21. The molecule has 0 unspecified atom stereocenters. The second kappa shape index (κ2) is 12.3. The van der Waals surface area contributed by atoms with Crippen molar-refractivity contribution in [2.75, 3.05) is 33.1 Å². The van der Waals surface area contributed by atoms with Crippen molar-refractivity contribution in [3.63, 3.8) is 0 Å². The number of ketones is 2. The third kappa shape index (κ3) is 8.69. The van der Waals surface area contributed by atoms with Gasteiger partial charge in [-0.3, -0.25) is 23.2 Å². The molecule has 0 bridgehead atoms. The van der Waals surface area contributed by atoms with Gasteiger partial charge in [0.05, 0.1) is 19.0 Å². The molecular weight excluding hydrogens is 455 g/mol. The fourth-order valence-corrected chi connectivity index (χ4v) is 3.56. The molecule has 2 aromatic heterocycles. The number of aromatic nitrogens is 4. The molecule has 0 aliphatic carbocycles. The molecule has 0 fully saturated rings. The van der Waals surface area contributed by atoms with E-state index in [2.05, 4.69) is 15.0 Å². The number of ether oxygens (including phenoxy) is 3. The van der Waals surface area contributed by atoms with E-state index in [-0.39, 0.29) is 29.9 Å². The van der Waals surface area contributed by atoms with Crippen LogP contribution < -0.4 is 0 Å². The Morgan fingerprint density at radius 2 is 1.71 bits per heavy atom. The predicted molar refractivity (Wildman–Crippen MR) is 109 cm³/mol. The summed E-state index contributed by atoms with van der Waals surface area (Å²) in [5.74, 6) is -0.434. The van der Waals surface area contributed by atoms with E-state index in [1.165, 1.54) is 20.2 Å². The van der Waals surface area contributed by atoms with Gasteiger partial charge in [0.2, 0.25) is 0 Å².